The number of carbonyl (C=O) groups excluding carboxylic acids is 4. The summed E-state index contributed by atoms with van der Waals surface area (Å²) in [6.45, 7) is 3.34. The van der Waals surface area contributed by atoms with Gasteiger partial charge in [-0.15, -0.1) is 0 Å². The van der Waals surface area contributed by atoms with E-state index in [1.54, 1.807) is 0 Å². The summed E-state index contributed by atoms with van der Waals surface area (Å²) in [4.78, 5) is 52.9. The molecule has 3 atom stereocenters. The molecule has 1 N–H and O–H groups in total. The average molecular weight is 461 g/mol. The molecular formula is C27H28N2O5. The van der Waals surface area contributed by atoms with E-state index in [-0.39, 0.29) is 18.2 Å². The van der Waals surface area contributed by atoms with Crippen molar-refractivity contribution in [1.82, 2.24) is 4.90 Å². The maximum absolute atomic E-state index is 13.1. The number of carbonyl (C=O) groups is 4. The highest BCUT2D eigenvalue weighted by Gasteiger charge is 2.51. The van der Waals surface area contributed by atoms with Crippen LogP contribution >= 0.6 is 0 Å². The Morgan fingerprint density at radius 3 is 2.15 bits per heavy atom. The molecule has 1 saturated heterocycles. The van der Waals surface area contributed by atoms with Gasteiger partial charge in [0.25, 0.3) is 5.91 Å². The normalized spacial score (nSPS) is 20.1. The third-order valence-electron chi connectivity index (χ3n) is 6.25. The largest absolute Gasteiger partial charge is 0.454 e. The quantitative estimate of drug-likeness (QED) is 0.389. The lowest BCUT2D eigenvalue weighted by Crippen LogP contribution is -2.48. The number of benzene rings is 2. The van der Waals surface area contributed by atoms with E-state index in [1.807, 2.05) is 74.5 Å². The second kappa shape index (κ2) is 10.0. The Balaban J connectivity index is 1.48. The van der Waals surface area contributed by atoms with Gasteiger partial charge in [-0.25, -0.2) is 4.79 Å². The first-order valence-electron chi connectivity index (χ1n) is 11.4. The number of hydrogen-bond acceptors (Lipinski definition) is 5. The van der Waals surface area contributed by atoms with Gasteiger partial charge in [0.1, 0.15) is 6.04 Å². The summed E-state index contributed by atoms with van der Waals surface area (Å²) in [5, 5.41) is 2.72. The van der Waals surface area contributed by atoms with E-state index < -0.39 is 36.4 Å². The van der Waals surface area contributed by atoms with E-state index in [4.69, 9.17) is 4.74 Å². The van der Waals surface area contributed by atoms with Gasteiger partial charge in [-0.3, -0.25) is 19.3 Å². The van der Waals surface area contributed by atoms with Crippen LogP contribution < -0.4 is 5.32 Å². The van der Waals surface area contributed by atoms with Crippen LogP contribution in [0.25, 0.3) is 0 Å². The lowest BCUT2D eigenvalue weighted by molar-refractivity contribution is -0.159. The van der Waals surface area contributed by atoms with E-state index >= 15 is 0 Å². The summed E-state index contributed by atoms with van der Waals surface area (Å²) in [7, 11) is 0. The molecule has 34 heavy (non-hydrogen) atoms. The molecule has 0 saturated carbocycles. The van der Waals surface area contributed by atoms with Crippen LogP contribution in [-0.2, 0) is 30.3 Å². The molecule has 0 aromatic heterocycles. The summed E-state index contributed by atoms with van der Waals surface area (Å²) >= 11 is 0. The summed E-state index contributed by atoms with van der Waals surface area (Å²) in [6, 6.07) is 13.7. The molecule has 4 rings (SSSR count). The molecule has 3 amide bonds. The van der Waals surface area contributed by atoms with Crippen molar-refractivity contribution in [3.05, 3.63) is 77.4 Å². The number of imide groups is 1. The number of anilines is 1. The Morgan fingerprint density at radius 1 is 0.971 bits per heavy atom. The van der Waals surface area contributed by atoms with E-state index in [1.165, 1.54) is 0 Å². The first kappa shape index (κ1) is 23.4. The Morgan fingerprint density at radius 2 is 1.56 bits per heavy atom. The van der Waals surface area contributed by atoms with Crippen LogP contribution in [0, 0.1) is 25.7 Å². The summed E-state index contributed by atoms with van der Waals surface area (Å²) in [5.41, 5.74) is 3.40. The highest BCUT2D eigenvalue weighted by atomic mass is 16.5. The number of amides is 3. The van der Waals surface area contributed by atoms with E-state index in [0.717, 1.165) is 21.6 Å². The standard InChI is InChI=1S/C27H28N2O5/c1-17-12-18(2)14-20(13-17)28-24(30)16-34-27(33)23(15-19-8-4-3-5-9-19)29-25(31)21-10-6-7-11-22(21)26(29)32/h3-9,12-14,21-23H,10-11,15-16H2,1-2H3,(H,28,30)/t21-,22-,23+/m1/s1. The van der Waals surface area contributed by atoms with Crippen LogP contribution in [0.5, 0.6) is 0 Å². The molecule has 7 nitrogen and oxygen atoms in total. The zero-order chi connectivity index (χ0) is 24.2. The monoisotopic (exact) mass is 460 g/mol. The van der Waals surface area contributed by atoms with Gasteiger partial charge in [-0.2, -0.15) is 0 Å². The number of rotatable bonds is 7. The van der Waals surface area contributed by atoms with Crippen molar-refractivity contribution in [2.75, 3.05) is 11.9 Å². The van der Waals surface area contributed by atoms with Crippen molar-refractivity contribution >= 4 is 29.4 Å². The Hall–Kier alpha value is -3.74. The number of ether oxygens (including phenoxy) is 1. The van der Waals surface area contributed by atoms with Gasteiger partial charge in [-0.05, 0) is 55.5 Å². The van der Waals surface area contributed by atoms with Crippen molar-refractivity contribution in [2.45, 2.75) is 39.2 Å². The molecule has 2 aromatic carbocycles. The van der Waals surface area contributed by atoms with Crippen LogP contribution in [-0.4, -0.2) is 41.2 Å². The van der Waals surface area contributed by atoms with E-state index in [2.05, 4.69) is 5.32 Å². The molecule has 0 spiro atoms. The minimum absolute atomic E-state index is 0.128. The first-order valence-corrected chi connectivity index (χ1v) is 11.4. The molecule has 0 radical (unpaired) electrons. The molecule has 2 aliphatic rings. The van der Waals surface area contributed by atoms with Gasteiger partial charge < -0.3 is 10.1 Å². The zero-order valence-electron chi connectivity index (χ0n) is 19.3. The number of esters is 1. The SMILES string of the molecule is Cc1cc(C)cc(NC(=O)COC(=O)[C@H](Cc2ccccc2)N2C(=O)[C@@H]3CC=CC[C@H]3C2=O)c1. The number of fused-ring (bicyclic) bond motifs is 1. The van der Waals surface area contributed by atoms with E-state index in [0.29, 0.717) is 18.5 Å². The summed E-state index contributed by atoms with van der Waals surface area (Å²) in [5.74, 6) is -2.86. The highest BCUT2D eigenvalue weighted by molar-refractivity contribution is 6.08. The second-order valence-corrected chi connectivity index (χ2v) is 8.94. The molecule has 2 aromatic rings. The topological polar surface area (TPSA) is 92.8 Å². The van der Waals surface area contributed by atoms with Crippen LogP contribution in [0.2, 0.25) is 0 Å². The smallest absolute Gasteiger partial charge is 0.330 e. The zero-order valence-corrected chi connectivity index (χ0v) is 19.3. The number of hydrogen-bond donors (Lipinski definition) is 1. The van der Waals surface area contributed by atoms with Crippen molar-refractivity contribution in [3.8, 4) is 0 Å². The molecule has 1 aliphatic carbocycles. The van der Waals surface area contributed by atoms with Crippen molar-refractivity contribution in [2.24, 2.45) is 11.8 Å². The molecule has 1 aliphatic heterocycles. The number of allylic oxidation sites excluding steroid dienone is 2. The van der Waals surface area contributed by atoms with Gasteiger partial charge in [0.15, 0.2) is 6.61 Å². The fourth-order valence-electron chi connectivity index (χ4n) is 4.73. The number of aryl methyl sites for hydroxylation is 2. The lowest BCUT2D eigenvalue weighted by Gasteiger charge is -2.25. The molecule has 0 bridgehead atoms. The highest BCUT2D eigenvalue weighted by Crippen LogP contribution is 2.36. The minimum Gasteiger partial charge on any atom is -0.454 e. The van der Waals surface area contributed by atoms with Crippen LogP contribution in [0.15, 0.2) is 60.7 Å². The van der Waals surface area contributed by atoms with Gasteiger partial charge in [0.2, 0.25) is 11.8 Å². The predicted molar refractivity (Wildman–Crippen MR) is 127 cm³/mol. The average Bonchev–Trinajstić information content (AvgIpc) is 3.06. The third-order valence-corrected chi connectivity index (χ3v) is 6.25. The first-order chi connectivity index (χ1) is 16.3. The summed E-state index contributed by atoms with van der Waals surface area (Å²) < 4.78 is 5.32. The molecule has 176 valence electrons. The maximum Gasteiger partial charge on any atom is 0.330 e. The van der Waals surface area contributed by atoms with Gasteiger partial charge in [-0.1, -0.05) is 48.6 Å². The predicted octanol–water partition coefficient (Wildman–Crippen LogP) is 3.35. The van der Waals surface area contributed by atoms with Crippen molar-refractivity contribution in [3.63, 3.8) is 0 Å². The molecule has 0 unspecified atom stereocenters. The Bertz CT molecular complexity index is 1090. The Kier molecular flexibility index (Phi) is 6.91. The van der Waals surface area contributed by atoms with Crippen molar-refractivity contribution in [1.29, 1.82) is 0 Å². The number of nitrogens with one attached hydrogen (secondary N) is 1. The van der Waals surface area contributed by atoms with Gasteiger partial charge >= 0.3 is 5.97 Å². The third kappa shape index (κ3) is 5.09. The lowest BCUT2D eigenvalue weighted by atomic mass is 9.85. The van der Waals surface area contributed by atoms with Crippen LogP contribution in [0.3, 0.4) is 0 Å². The molecule has 7 heteroatoms. The fourth-order valence-corrected chi connectivity index (χ4v) is 4.73. The maximum atomic E-state index is 13.1. The van der Waals surface area contributed by atoms with E-state index in [9.17, 15) is 19.2 Å². The second-order valence-electron chi connectivity index (χ2n) is 8.94. The minimum atomic E-state index is -1.12. The van der Waals surface area contributed by atoms with Crippen LogP contribution in [0.1, 0.15) is 29.5 Å². The van der Waals surface area contributed by atoms with Crippen molar-refractivity contribution < 1.29 is 23.9 Å². The van der Waals surface area contributed by atoms with Crippen LogP contribution in [0.4, 0.5) is 5.69 Å². The van der Waals surface area contributed by atoms with Gasteiger partial charge in [0.05, 0.1) is 11.8 Å². The fraction of sp³-hybridized carbons (Fsp3) is 0.333. The molecule has 1 heterocycles. The number of nitrogens with zero attached hydrogens (tertiary/aromatic N) is 1. The molecule has 1 fully saturated rings. The van der Waals surface area contributed by atoms with Gasteiger partial charge in [0, 0.05) is 12.1 Å². The Labute approximate surface area is 198 Å². The number of likely N-dealkylation sites (tertiary alicyclic amines) is 1. The molecular weight excluding hydrogens is 432 g/mol. The summed E-state index contributed by atoms with van der Waals surface area (Å²) in [6.07, 6.45) is 4.90.